The largest absolute Gasteiger partial charge is 0.389 e. The maximum absolute atomic E-state index is 10.1. The quantitative estimate of drug-likeness (QED) is 0.805. The van der Waals surface area contributed by atoms with Crippen LogP contribution in [-0.4, -0.2) is 31.0 Å². The Labute approximate surface area is 112 Å². The van der Waals surface area contributed by atoms with E-state index in [0.717, 1.165) is 9.90 Å². The summed E-state index contributed by atoms with van der Waals surface area (Å²) in [5.41, 5.74) is 0.409. The van der Waals surface area contributed by atoms with E-state index in [9.17, 15) is 5.11 Å². The van der Waals surface area contributed by atoms with Crippen molar-refractivity contribution in [3.05, 3.63) is 21.3 Å². The highest BCUT2D eigenvalue weighted by Gasteiger charge is 2.21. The minimum atomic E-state index is -0.746. The van der Waals surface area contributed by atoms with Crippen molar-refractivity contribution in [2.75, 3.05) is 20.3 Å². The Morgan fingerprint density at radius 1 is 1.65 bits per heavy atom. The van der Waals surface area contributed by atoms with Crippen LogP contribution in [-0.2, 0) is 4.74 Å². The average molecular weight is 278 g/mol. The van der Waals surface area contributed by atoms with Gasteiger partial charge in [-0.15, -0.1) is 11.3 Å². The van der Waals surface area contributed by atoms with E-state index in [0.29, 0.717) is 19.6 Å². The summed E-state index contributed by atoms with van der Waals surface area (Å²) in [7, 11) is 1.64. The van der Waals surface area contributed by atoms with E-state index in [1.54, 1.807) is 7.11 Å². The Kier molecular flexibility index (Phi) is 5.89. The number of ether oxygens (including phenoxy) is 1. The van der Waals surface area contributed by atoms with Crippen LogP contribution in [0.25, 0.3) is 0 Å². The summed E-state index contributed by atoms with van der Waals surface area (Å²) in [6, 6.07) is 2.14. The lowest BCUT2D eigenvalue weighted by atomic mass is 10.0. The number of rotatable bonds is 7. The smallest absolute Gasteiger partial charge is 0.0931 e. The minimum absolute atomic E-state index is 0.188. The van der Waals surface area contributed by atoms with Gasteiger partial charge in [0.2, 0.25) is 0 Å². The standard InChI is InChI=1S/C12H20ClNO2S/c1-9(10-6-11(13)17-7-10)14-8-12(2,15)4-5-16-3/h6-7,9,14-15H,4-5,8H2,1-3H3. The number of aliphatic hydroxyl groups is 1. The van der Waals surface area contributed by atoms with Gasteiger partial charge in [0, 0.05) is 32.7 Å². The number of nitrogens with one attached hydrogen (secondary N) is 1. The van der Waals surface area contributed by atoms with Gasteiger partial charge in [-0.3, -0.25) is 0 Å². The van der Waals surface area contributed by atoms with Gasteiger partial charge in [0.1, 0.15) is 0 Å². The molecule has 0 saturated carbocycles. The van der Waals surface area contributed by atoms with Crippen molar-refractivity contribution in [1.82, 2.24) is 5.32 Å². The van der Waals surface area contributed by atoms with Crippen LogP contribution in [0.3, 0.4) is 0 Å². The van der Waals surface area contributed by atoms with Crippen LogP contribution < -0.4 is 5.32 Å². The molecule has 0 radical (unpaired) electrons. The Balaban J connectivity index is 2.39. The van der Waals surface area contributed by atoms with Crippen LogP contribution in [0.4, 0.5) is 0 Å². The molecular weight excluding hydrogens is 258 g/mol. The van der Waals surface area contributed by atoms with Crippen molar-refractivity contribution >= 4 is 22.9 Å². The van der Waals surface area contributed by atoms with Crippen molar-refractivity contribution in [2.45, 2.75) is 31.9 Å². The summed E-state index contributed by atoms with van der Waals surface area (Å²) in [4.78, 5) is 0. The van der Waals surface area contributed by atoms with Gasteiger partial charge < -0.3 is 15.2 Å². The molecule has 0 amide bonds. The zero-order valence-corrected chi connectivity index (χ0v) is 12.1. The lowest BCUT2D eigenvalue weighted by Gasteiger charge is -2.25. The molecule has 98 valence electrons. The van der Waals surface area contributed by atoms with E-state index in [1.807, 2.05) is 18.4 Å². The number of halogens is 1. The summed E-state index contributed by atoms with van der Waals surface area (Å²) >= 11 is 7.41. The summed E-state index contributed by atoms with van der Waals surface area (Å²) in [6.07, 6.45) is 0.619. The van der Waals surface area contributed by atoms with Gasteiger partial charge in [0.15, 0.2) is 0 Å². The predicted molar refractivity (Wildman–Crippen MR) is 72.9 cm³/mol. The topological polar surface area (TPSA) is 41.5 Å². The van der Waals surface area contributed by atoms with Crippen LogP contribution >= 0.6 is 22.9 Å². The van der Waals surface area contributed by atoms with Crippen molar-refractivity contribution in [2.24, 2.45) is 0 Å². The Morgan fingerprint density at radius 2 is 2.35 bits per heavy atom. The highest BCUT2D eigenvalue weighted by Crippen LogP contribution is 2.24. The molecular formula is C12H20ClNO2S. The van der Waals surface area contributed by atoms with Gasteiger partial charge in [0.05, 0.1) is 9.94 Å². The van der Waals surface area contributed by atoms with Crippen LogP contribution in [0, 0.1) is 0 Å². The molecule has 0 aromatic carbocycles. The molecule has 17 heavy (non-hydrogen) atoms. The van der Waals surface area contributed by atoms with E-state index < -0.39 is 5.60 Å². The Bertz CT molecular complexity index is 341. The van der Waals surface area contributed by atoms with Crippen molar-refractivity contribution in [3.8, 4) is 0 Å². The number of hydrogen-bond donors (Lipinski definition) is 2. The normalized spacial score (nSPS) is 16.8. The maximum atomic E-state index is 10.1. The van der Waals surface area contributed by atoms with Gasteiger partial charge in [-0.1, -0.05) is 11.6 Å². The molecule has 3 nitrogen and oxygen atoms in total. The molecule has 0 aliphatic heterocycles. The van der Waals surface area contributed by atoms with Crippen LogP contribution in [0.15, 0.2) is 11.4 Å². The molecule has 0 aliphatic carbocycles. The van der Waals surface area contributed by atoms with Gasteiger partial charge >= 0.3 is 0 Å². The molecule has 1 aromatic heterocycles. The third-order valence-electron chi connectivity index (χ3n) is 2.72. The second kappa shape index (κ2) is 6.71. The van der Waals surface area contributed by atoms with E-state index in [2.05, 4.69) is 12.2 Å². The molecule has 0 bridgehead atoms. The molecule has 2 N–H and O–H groups in total. The highest BCUT2D eigenvalue weighted by atomic mass is 35.5. The first-order valence-electron chi connectivity index (χ1n) is 5.63. The first kappa shape index (κ1) is 14.9. The Hall–Kier alpha value is -0.130. The third-order valence-corrected chi connectivity index (χ3v) is 3.83. The fourth-order valence-electron chi connectivity index (χ4n) is 1.45. The second-order valence-corrected chi connectivity index (χ2v) is 6.07. The van der Waals surface area contributed by atoms with E-state index in [-0.39, 0.29) is 6.04 Å². The van der Waals surface area contributed by atoms with Crippen LogP contribution in [0.2, 0.25) is 4.34 Å². The average Bonchev–Trinajstić information content (AvgIpc) is 2.70. The molecule has 0 spiro atoms. The lowest BCUT2D eigenvalue weighted by molar-refractivity contribution is 0.0231. The number of thiophene rings is 1. The van der Waals surface area contributed by atoms with Crippen molar-refractivity contribution in [1.29, 1.82) is 0 Å². The predicted octanol–water partition coefficient (Wildman–Crippen LogP) is 2.84. The lowest BCUT2D eigenvalue weighted by Crippen LogP contribution is -2.39. The first-order valence-corrected chi connectivity index (χ1v) is 6.89. The molecule has 1 aromatic rings. The van der Waals surface area contributed by atoms with Gasteiger partial charge in [0.25, 0.3) is 0 Å². The molecule has 2 atom stereocenters. The van der Waals surface area contributed by atoms with Gasteiger partial charge in [-0.05, 0) is 30.9 Å². The first-order chi connectivity index (χ1) is 7.94. The van der Waals surface area contributed by atoms with Crippen molar-refractivity contribution < 1.29 is 9.84 Å². The minimum Gasteiger partial charge on any atom is -0.389 e. The SMILES string of the molecule is COCCC(C)(O)CNC(C)c1csc(Cl)c1. The van der Waals surface area contributed by atoms with E-state index >= 15 is 0 Å². The zero-order chi connectivity index (χ0) is 12.9. The maximum Gasteiger partial charge on any atom is 0.0931 e. The second-order valence-electron chi connectivity index (χ2n) is 4.53. The van der Waals surface area contributed by atoms with E-state index in [4.69, 9.17) is 16.3 Å². The third kappa shape index (κ3) is 5.36. The summed E-state index contributed by atoms with van der Waals surface area (Å²) in [5, 5.41) is 15.4. The zero-order valence-electron chi connectivity index (χ0n) is 10.5. The Morgan fingerprint density at radius 3 is 2.88 bits per heavy atom. The summed E-state index contributed by atoms with van der Waals surface area (Å²) < 4.78 is 5.76. The molecule has 0 aliphatic rings. The highest BCUT2D eigenvalue weighted by molar-refractivity contribution is 7.14. The summed E-state index contributed by atoms with van der Waals surface area (Å²) in [5.74, 6) is 0. The summed E-state index contributed by atoms with van der Waals surface area (Å²) in [6.45, 7) is 4.97. The molecule has 2 unspecified atom stereocenters. The number of methoxy groups -OCH3 is 1. The van der Waals surface area contributed by atoms with E-state index in [1.165, 1.54) is 11.3 Å². The van der Waals surface area contributed by atoms with Gasteiger partial charge in [-0.2, -0.15) is 0 Å². The van der Waals surface area contributed by atoms with Crippen LogP contribution in [0.1, 0.15) is 31.9 Å². The molecule has 0 saturated heterocycles. The fourth-order valence-corrected chi connectivity index (χ4v) is 2.44. The molecule has 5 heteroatoms. The van der Waals surface area contributed by atoms with Gasteiger partial charge in [-0.25, -0.2) is 0 Å². The van der Waals surface area contributed by atoms with Crippen molar-refractivity contribution in [3.63, 3.8) is 0 Å². The molecule has 1 rings (SSSR count). The fraction of sp³-hybridized carbons (Fsp3) is 0.667. The monoisotopic (exact) mass is 277 g/mol. The molecule has 0 fully saturated rings. The van der Waals surface area contributed by atoms with Crippen LogP contribution in [0.5, 0.6) is 0 Å². The number of hydrogen-bond acceptors (Lipinski definition) is 4. The molecule has 1 heterocycles.